The lowest BCUT2D eigenvalue weighted by Gasteiger charge is -2.24. The summed E-state index contributed by atoms with van der Waals surface area (Å²) in [5, 5.41) is 3.76. The van der Waals surface area contributed by atoms with E-state index in [0.29, 0.717) is 28.6 Å². The molecule has 1 atom stereocenters. The number of carbonyl (C=O) groups excluding carboxylic acids is 1. The normalized spacial score (nSPS) is 17.1. The van der Waals surface area contributed by atoms with E-state index in [1.54, 1.807) is 17.0 Å². The van der Waals surface area contributed by atoms with Crippen molar-refractivity contribution in [2.24, 2.45) is 0 Å². The standard InChI is InChI=1S/C21H24ClFN2O/c1-2-25(14-18-19(22)6-3-7-20(18)23)21(26)16-10-8-15(9-11-16)17-5-4-12-24-13-17/h3,6-11,17,24H,2,4-5,12-14H2,1H3. The third kappa shape index (κ3) is 4.25. The molecule has 1 amide bonds. The molecule has 0 aliphatic carbocycles. The van der Waals surface area contributed by atoms with Crippen LogP contribution < -0.4 is 5.32 Å². The van der Waals surface area contributed by atoms with Gasteiger partial charge in [-0.05, 0) is 62.1 Å². The molecule has 0 saturated carbocycles. The van der Waals surface area contributed by atoms with Crippen LogP contribution in [0.25, 0.3) is 0 Å². The Morgan fingerprint density at radius 1 is 1.27 bits per heavy atom. The van der Waals surface area contributed by atoms with E-state index in [-0.39, 0.29) is 18.3 Å². The Morgan fingerprint density at radius 2 is 2.04 bits per heavy atom. The summed E-state index contributed by atoms with van der Waals surface area (Å²) in [5.74, 6) is 0.0106. The fraction of sp³-hybridized carbons (Fsp3) is 0.381. The third-order valence-corrected chi connectivity index (χ3v) is 5.36. The van der Waals surface area contributed by atoms with Crippen LogP contribution in [0.4, 0.5) is 4.39 Å². The highest BCUT2D eigenvalue weighted by Gasteiger charge is 2.19. The summed E-state index contributed by atoms with van der Waals surface area (Å²) in [4.78, 5) is 14.5. The Balaban J connectivity index is 1.74. The Labute approximate surface area is 159 Å². The molecule has 3 nitrogen and oxygen atoms in total. The van der Waals surface area contributed by atoms with Crippen molar-refractivity contribution in [3.63, 3.8) is 0 Å². The number of halogens is 2. The van der Waals surface area contributed by atoms with Crippen LogP contribution >= 0.6 is 11.6 Å². The van der Waals surface area contributed by atoms with Gasteiger partial charge in [0.15, 0.2) is 0 Å². The fourth-order valence-electron chi connectivity index (χ4n) is 3.42. The topological polar surface area (TPSA) is 32.3 Å². The molecule has 1 unspecified atom stereocenters. The molecular formula is C21H24ClFN2O. The van der Waals surface area contributed by atoms with Crippen LogP contribution in [-0.2, 0) is 6.54 Å². The Kier molecular flexibility index (Phi) is 6.28. The SMILES string of the molecule is CCN(Cc1c(F)cccc1Cl)C(=O)c1ccc(C2CCCNC2)cc1. The summed E-state index contributed by atoms with van der Waals surface area (Å²) in [6.45, 7) is 4.60. The second-order valence-corrected chi connectivity index (χ2v) is 7.09. The zero-order valence-corrected chi connectivity index (χ0v) is 15.7. The van der Waals surface area contributed by atoms with Crippen molar-refractivity contribution in [1.82, 2.24) is 10.2 Å². The van der Waals surface area contributed by atoms with Gasteiger partial charge >= 0.3 is 0 Å². The molecule has 1 saturated heterocycles. The van der Waals surface area contributed by atoms with Gasteiger partial charge in [0, 0.05) is 29.2 Å². The number of nitrogens with zero attached hydrogens (tertiary/aromatic N) is 1. The molecular weight excluding hydrogens is 351 g/mol. The van der Waals surface area contributed by atoms with E-state index < -0.39 is 0 Å². The molecule has 1 fully saturated rings. The summed E-state index contributed by atoms with van der Waals surface area (Å²) in [5.41, 5.74) is 2.23. The molecule has 26 heavy (non-hydrogen) atoms. The van der Waals surface area contributed by atoms with E-state index >= 15 is 0 Å². The van der Waals surface area contributed by atoms with Crippen molar-refractivity contribution < 1.29 is 9.18 Å². The lowest BCUT2D eigenvalue weighted by molar-refractivity contribution is 0.0751. The maximum absolute atomic E-state index is 14.0. The average molecular weight is 375 g/mol. The van der Waals surface area contributed by atoms with Gasteiger partial charge in [0.25, 0.3) is 5.91 Å². The molecule has 0 bridgehead atoms. The van der Waals surface area contributed by atoms with Crippen LogP contribution in [-0.4, -0.2) is 30.4 Å². The van der Waals surface area contributed by atoms with E-state index in [2.05, 4.69) is 5.32 Å². The first-order valence-corrected chi connectivity index (χ1v) is 9.50. The second-order valence-electron chi connectivity index (χ2n) is 6.68. The van der Waals surface area contributed by atoms with Gasteiger partial charge in [-0.2, -0.15) is 0 Å². The van der Waals surface area contributed by atoms with Crippen LogP contribution in [0.2, 0.25) is 5.02 Å². The number of benzene rings is 2. The lowest BCUT2D eigenvalue weighted by atomic mass is 9.91. The molecule has 0 radical (unpaired) electrons. The molecule has 0 aromatic heterocycles. The minimum atomic E-state index is -0.385. The molecule has 2 aromatic rings. The van der Waals surface area contributed by atoms with Crippen LogP contribution in [0.15, 0.2) is 42.5 Å². The number of amides is 1. The summed E-state index contributed by atoms with van der Waals surface area (Å²) in [6.07, 6.45) is 2.35. The number of hydrogen-bond donors (Lipinski definition) is 1. The maximum Gasteiger partial charge on any atom is 0.254 e. The summed E-state index contributed by atoms with van der Waals surface area (Å²) >= 11 is 6.10. The summed E-state index contributed by atoms with van der Waals surface area (Å²) in [6, 6.07) is 12.4. The minimum Gasteiger partial charge on any atom is -0.334 e. The monoisotopic (exact) mass is 374 g/mol. The van der Waals surface area contributed by atoms with E-state index in [1.807, 2.05) is 31.2 Å². The first-order chi connectivity index (χ1) is 12.6. The van der Waals surface area contributed by atoms with Gasteiger partial charge in [0.1, 0.15) is 5.82 Å². The van der Waals surface area contributed by atoms with Crippen molar-refractivity contribution in [2.75, 3.05) is 19.6 Å². The minimum absolute atomic E-state index is 0.111. The van der Waals surface area contributed by atoms with Gasteiger partial charge in [-0.25, -0.2) is 4.39 Å². The first-order valence-electron chi connectivity index (χ1n) is 9.13. The predicted molar refractivity (Wildman–Crippen MR) is 103 cm³/mol. The van der Waals surface area contributed by atoms with Crippen LogP contribution in [0, 0.1) is 5.82 Å². The summed E-state index contributed by atoms with van der Waals surface area (Å²) < 4.78 is 14.0. The van der Waals surface area contributed by atoms with E-state index in [1.165, 1.54) is 24.5 Å². The Morgan fingerprint density at radius 3 is 2.65 bits per heavy atom. The smallest absolute Gasteiger partial charge is 0.254 e. The van der Waals surface area contributed by atoms with Crippen LogP contribution in [0.3, 0.4) is 0 Å². The van der Waals surface area contributed by atoms with Gasteiger partial charge in [0.2, 0.25) is 0 Å². The van der Waals surface area contributed by atoms with Gasteiger partial charge in [0.05, 0.1) is 6.54 Å². The predicted octanol–water partition coefficient (Wildman–Crippen LogP) is 4.61. The molecule has 1 heterocycles. The molecule has 1 N–H and O–H groups in total. The number of hydrogen-bond acceptors (Lipinski definition) is 2. The highest BCUT2D eigenvalue weighted by Crippen LogP contribution is 2.25. The molecule has 1 aliphatic heterocycles. The van der Waals surface area contributed by atoms with Crippen molar-refractivity contribution >= 4 is 17.5 Å². The number of carbonyl (C=O) groups is 1. The summed E-state index contributed by atoms with van der Waals surface area (Å²) in [7, 11) is 0. The maximum atomic E-state index is 14.0. The van der Waals surface area contributed by atoms with Crippen molar-refractivity contribution in [2.45, 2.75) is 32.2 Å². The second kappa shape index (κ2) is 8.65. The van der Waals surface area contributed by atoms with Gasteiger partial charge in [-0.15, -0.1) is 0 Å². The van der Waals surface area contributed by atoms with Crippen LogP contribution in [0.1, 0.15) is 47.2 Å². The number of piperidine rings is 1. The zero-order chi connectivity index (χ0) is 18.5. The average Bonchev–Trinajstić information content (AvgIpc) is 2.68. The molecule has 1 aliphatic rings. The van der Waals surface area contributed by atoms with E-state index in [4.69, 9.17) is 11.6 Å². The third-order valence-electron chi connectivity index (χ3n) is 5.01. The quantitative estimate of drug-likeness (QED) is 0.828. The Bertz CT molecular complexity index is 737. The van der Waals surface area contributed by atoms with Crippen LogP contribution in [0.5, 0.6) is 0 Å². The molecule has 2 aromatic carbocycles. The van der Waals surface area contributed by atoms with Crippen molar-refractivity contribution in [3.05, 3.63) is 70.0 Å². The fourth-order valence-corrected chi connectivity index (χ4v) is 3.64. The molecule has 138 valence electrons. The van der Waals surface area contributed by atoms with E-state index in [9.17, 15) is 9.18 Å². The van der Waals surface area contributed by atoms with Gasteiger partial charge in [-0.1, -0.05) is 29.8 Å². The highest BCUT2D eigenvalue weighted by molar-refractivity contribution is 6.31. The van der Waals surface area contributed by atoms with E-state index in [0.717, 1.165) is 13.1 Å². The van der Waals surface area contributed by atoms with Crippen molar-refractivity contribution in [3.8, 4) is 0 Å². The number of nitrogens with one attached hydrogen (secondary N) is 1. The Hall–Kier alpha value is -1.91. The van der Waals surface area contributed by atoms with Gasteiger partial charge in [-0.3, -0.25) is 4.79 Å². The molecule has 5 heteroatoms. The lowest BCUT2D eigenvalue weighted by Crippen LogP contribution is -2.31. The zero-order valence-electron chi connectivity index (χ0n) is 15.0. The molecule has 3 rings (SSSR count). The highest BCUT2D eigenvalue weighted by atomic mass is 35.5. The first kappa shape index (κ1) is 18.9. The van der Waals surface area contributed by atoms with Gasteiger partial charge < -0.3 is 10.2 Å². The number of rotatable bonds is 5. The largest absolute Gasteiger partial charge is 0.334 e. The molecule has 0 spiro atoms. The van der Waals surface area contributed by atoms with Crippen molar-refractivity contribution in [1.29, 1.82) is 0 Å².